The molecule has 4 aromatic carbocycles. The molecule has 8 heteroatoms. The second kappa shape index (κ2) is 13.2. The van der Waals surface area contributed by atoms with Gasteiger partial charge >= 0.3 is 0 Å². The molecule has 0 atom stereocenters. The quantitative estimate of drug-likeness (QED) is 0.189. The monoisotopic (exact) mass is 577 g/mol. The first-order valence-electron chi connectivity index (χ1n) is 14.2. The van der Waals surface area contributed by atoms with E-state index >= 15 is 0 Å². The summed E-state index contributed by atoms with van der Waals surface area (Å²) in [6, 6.07) is 28.1. The van der Waals surface area contributed by atoms with Gasteiger partial charge in [0.1, 0.15) is 29.4 Å². The molecule has 0 bridgehead atoms. The summed E-state index contributed by atoms with van der Waals surface area (Å²) in [5, 5.41) is 3.27. The van der Waals surface area contributed by atoms with Crippen molar-refractivity contribution in [3.63, 3.8) is 0 Å². The van der Waals surface area contributed by atoms with E-state index in [-0.39, 0.29) is 11.0 Å². The molecule has 0 aliphatic rings. The molecule has 0 unspecified atom stereocenters. The Hall–Kier alpha value is -5.24. The van der Waals surface area contributed by atoms with Crippen LogP contribution in [0.4, 0.5) is 11.4 Å². The SMILES string of the molecule is CCOc1cc(OCC)cc(-n2cc(C(=O)Nc3cccc(N(C)C)c3)c(=O)c3ccc(OCc4ccccc4)cc32)c1. The maximum Gasteiger partial charge on any atom is 0.261 e. The molecule has 0 radical (unpaired) electrons. The number of anilines is 2. The van der Waals surface area contributed by atoms with Crippen LogP contribution in [0.5, 0.6) is 17.2 Å². The molecule has 1 heterocycles. The molecular formula is C35H35N3O5. The number of amides is 1. The van der Waals surface area contributed by atoms with Crippen LogP contribution in [0.15, 0.2) is 102 Å². The molecule has 0 spiro atoms. The van der Waals surface area contributed by atoms with Gasteiger partial charge in [-0.25, -0.2) is 0 Å². The zero-order chi connectivity index (χ0) is 30.3. The normalized spacial score (nSPS) is 10.8. The van der Waals surface area contributed by atoms with Crippen molar-refractivity contribution < 1.29 is 19.0 Å². The van der Waals surface area contributed by atoms with Gasteiger partial charge in [-0.05, 0) is 49.7 Å². The topological polar surface area (TPSA) is 82.0 Å². The Kier molecular flexibility index (Phi) is 8.96. The lowest BCUT2D eigenvalue weighted by Gasteiger charge is -2.18. The van der Waals surface area contributed by atoms with Gasteiger partial charge in [-0.15, -0.1) is 0 Å². The van der Waals surface area contributed by atoms with Crippen molar-refractivity contribution in [2.75, 3.05) is 37.5 Å². The molecule has 0 saturated carbocycles. The van der Waals surface area contributed by atoms with Gasteiger partial charge in [0.2, 0.25) is 5.43 Å². The molecule has 43 heavy (non-hydrogen) atoms. The van der Waals surface area contributed by atoms with Gasteiger partial charge in [0.15, 0.2) is 0 Å². The smallest absolute Gasteiger partial charge is 0.261 e. The van der Waals surface area contributed by atoms with Crippen molar-refractivity contribution in [2.45, 2.75) is 20.5 Å². The van der Waals surface area contributed by atoms with Crippen molar-refractivity contribution in [1.29, 1.82) is 0 Å². The van der Waals surface area contributed by atoms with Gasteiger partial charge in [0.25, 0.3) is 5.91 Å². The molecule has 0 aliphatic heterocycles. The summed E-state index contributed by atoms with van der Waals surface area (Å²) in [6.07, 6.45) is 1.57. The number of nitrogens with one attached hydrogen (secondary N) is 1. The van der Waals surface area contributed by atoms with Crippen LogP contribution in [0.2, 0.25) is 0 Å². The highest BCUT2D eigenvalue weighted by atomic mass is 16.5. The summed E-state index contributed by atoms with van der Waals surface area (Å²) >= 11 is 0. The van der Waals surface area contributed by atoms with Gasteiger partial charge in [-0.1, -0.05) is 36.4 Å². The molecule has 1 N–H and O–H groups in total. The summed E-state index contributed by atoms with van der Waals surface area (Å²) in [7, 11) is 3.85. The van der Waals surface area contributed by atoms with E-state index in [1.54, 1.807) is 24.4 Å². The number of nitrogens with zero attached hydrogens (tertiary/aromatic N) is 2. The number of hydrogen-bond donors (Lipinski definition) is 1. The van der Waals surface area contributed by atoms with Crippen LogP contribution in [0.1, 0.15) is 29.8 Å². The van der Waals surface area contributed by atoms with Gasteiger partial charge < -0.3 is 29.0 Å². The first-order chi connectivity index (χ1) is 20.9. The van der Waals surface area contributed by atoms with E-state index in [0.717, 1.165) is 11.3 Å². The number of pyridine rings is 1. The molecule has 0 saturated heterocycles. The summed E-state index contributed by atoms with van der Waals surface area (Å²) in [5.41, 5.74) is 3.41. The minimum atomic E-state index is -0.507. The van der Waals surface area contributed by atoms with Gasteiger partial charge in [-0.3, -0.25) is 9.59 Å². The van der Waals surface area contributed by atoms with Crippen LogP contribution in [-0.2, 0) is 6.61 Å². The van der Waals surface area contributed by atoms with E-state index in [4.69, 9.17) is 14.2 Å². The zero-order valence-electron chi connectivity index (χ0n) is 24.8. The number of carbonyl (C=O) groups excluding carboxylic acids is 1. The number of benzene rings is 4. The maximum atomic E-state index is 13.8. The second-order valence-corrected chi connectivity index (χ2v) is 10.1. The number of hydrogen-bond acceptors (Lipinski definition) is 6. The highest BCUT2D eigenvalue weighted by Crippen LogP contribution is 2.30. The van der Waals surface area contributed by atoms with E-state index < -0.39 is 5.91 Å². The predicted octanol–water partition coefficient (Wildman–Crippen LogP) is 6.69. The Morgan fingerprint density at radius 1 is 0.791 bits per heavy atom. The van der Waals surface area contributed by atoms with Crippen molar-refractivity contribution in [1.82, 2.24) is 4.57 Å². The van der Waals surface area contributed by atoms with Crippen LogP contribution in [-0.4, -0.2) is 37.8 Å². The Bertz CT molecular complexity index is 1770. The number of fused-ring (bicyclic) bond motifs is 1. The summed E-state index contributed by atoms with van der Waals surface area (Å²) in [5.74, 6) is 1.30. The third kappa shape index (κ3) is 6.81. The lowest BCUT2D eigenvalue weighted by molar-refractivity contribution is 0.102. The lowest BCUT2D eigenvalue weighted by Crippen LogP contribution is -2.24. The third-order valence-electron chi connectivity index (χ3n) is 6.85. The molecular weight excluding hydrogens is 542 g/mol. The molecule has 5 rings (SSSR count). The van der Waals surface area contributed by atoms with Crippen LogP contribution in [0.3, 0.4) is 0 Å². The number of carbonyl (C=O) groups is 1. The Morgan fingerprint density at radius 2 is 1.51 bits per heavy atom. The second-order valence-electron chi connectivity index (χ2n) is 10.1. The summed E-state index contributed by atoms with van der Waals surface area (Å²) in [4.78, 5) is 29.3. The fraction of sp³-hybridized carbons (Fsp3) is 0.200. The molecule has 0 aliphatic carbocycles. The number of aromatic nitrogens is 1. The van der Waals surface area contributed by atoms with Crippen LogP contribution >= 0.6 is 0 Å². The molecule has 8 nitrogen and oxygen atoms in total. The first kappa shape index (κ1) is 29.3. The van der Waals surface area contributed by atoms with Crippen LogP contribution in [0, 0.1) is 0 Å². The maximum absolute atomic E-state index is 13.8. The van der Waals surface area contributed by atoms with Crippen LogP contribution < -0.4 is 29.9 Å². The van der Waals surface area contributed by atoms with Crippen molar-refractivity contribution in [2.24, 2.45) is 0 Å². The van der Waals surface area contributed by atoms with Crippen molar-refractivity contribution in [3.8, 4) is 22.9 Å². The zero-order valence-corrected chi connectivity index (χ0v) is 24.8. The Labute approximate surface area is 251 Å². The minimum Gasteiger partial charge on any atom is -0.494 e. The van der Waals surface area contributed by atoms with Crippen molar-refractivity contribution in [3.05, 3.63) is 119 Å². The minimum absolute atomic E-state index is 0.000447. The molecule has 220 valence electrons. The summed E-state index contributed by atoms with van der Waals surface area (Å²) < 4.78 is 19.6. The molecule has 0 fully saturated rings. The third-order valence-corrected chi connectivity index (χ3v) is 6.85. The van der Waals surface area contributed by atoms with Crippen LogP contribution in [0.25, 0.3) is 16.6 Å². The van der Waals surface area contributed by atoms with E-state index in [1.165, 1.54) is 0 Å². The highest BCUT2D eigenvalue weighted by molar-refractivity contribution is 6.06. The molecule has 1 aromatic heterocycles. The van der Waals surface area contributed by atoms with Crippen molar-refractivity contribution >= 4 is 28.2 Å². The van der Waals surface area contributed by atoms with E-state index in [0.29, 0.717) is 59.3 Å². The summed E-state index contributed by atoms with van der Waals surface area (Å²) in [6.45, 7) is 5.13. The van der Waals surface area contributed by atoms with Gasteiger partial charge in [0, 0.05) is 61.3 Å². The largest absolute Gasteiger partial charge is 0.494 e. The average molecular weight is 578 g/mol. The lowest BCUT2D eigenvalue weighted by atomic mass is 10.1. The van der Waals surface area contributed by atoms with Gasteiger partial charge in [-0.2, -0.15) is 0 Å². The van der Waals surface area contributed by atoms with E-state index in [2.05, 4.69) is 5.32 Å². The Balaban J connectivity index is 1.63. The van der Waals surface area contributed by atoms with E-state index in [1.807, 2.05) is 110 Å². The number of rotatable bonds is 11. The van der Waals surface area contributed by atoms with Gasteiger partial charge in [0.05, 0.1) is 24.4 Å². The fourth-order valence-corrected chi connectivity index (χ4v) is 4.77. The average Bonchev–Trinajstić information content (AvgIpc) is 3.01. The molecule has 5 aromatic rings. The molecule has 1 amide bonds. The standard InChI is InChI=1S/C35H35N3O5/c1-5-41-29-18-27(19-30(20-29)42-6-2)38-22-32(35(40)36-25-13-10-14-26(17-25)37(3)4)34(39)31-16-15-28(21-33(31)38)43-23-24-11-8-7-9-12-24/h7-22H,5-6,23H2,1-4H3,(H,36,40). The fourth-order valence-electron chi connectivity index (χ4n) is 4.77. The highest BCUT2D eigenvalue weighted by Gasteiger charge is 2.19. The first-order valence-corrected chi connectivity index (χ1v) is 14.2. The predicted molar refractivity (Wildman–Crippen MR) is 171 cm³/mol. The number of ether oxygens (including phenoxy) is 3. The van der Waals surface area contributed by atoms with E-state index in [9.17, 15) is 9.59 Å². The Morgan fingerprint density at radius 3 is 2.19 bits per heavy atom.